The van der Waals surface area contributed by atoms with Gasteiger partial charge in [-0.05, 0) is 30.9 Å². The highest BCUT2D eigenvalue weighted by Gasteiger charge is 2.40. The summed E-state index contributed by atoms with van der Waals surface area (Å²) >= 11 is 3.55. The van der Waals surface area contributed by atoms with Crippen LogP contribution < -0.4 is 5.73 Å². The van der Waals surface area contributed by atoms with Gasteiger partial charge in [0, 0.05) is 16.4 Å². The van der Waals surface area contributed by atoms with Crippen LogP contribution in [-0.2, 0) is 6.42 Å². The Kier molecular flexibility index (Phi) is 3.67. The summed E-state index contributed by atoms with van der Waals surface area (Å²) in [6.45, 7) is 0.565. The van der Waals surface area contributed by atoms with E-state index in [0.29, 0.717) is 6.54 Å². The molecule has 2 atom stereocenters. The van der Waals surface area contributed by atoms with Crippen molar-refractivity contribution in [3.8, 4) is 0 Å². The average molecular weight is 284 g/mol. The summed E-state index contributed by atoms with van der Waals surface area (Å²) in [4.78, 5) is 0. The van der Waals surface area contributed by atoms with Gasteiger partial charge in [-0.15, -0.1) is 0 Å². The Labute approximate surface area is 105 Å². The predicted octanol–water partition coefficient (Wildman–Crippen LogP) is 2.48. The van der Waals surface area contributed by atoms with Crippen LogP contribution in [0, 0.1) is 5.41 Å². The zero-order chi connectivity index (χ0) is 11.6. The van der Waals surface area contributed by atoms with Crippen LogP contribution in [0.1, 0.15) is 24.8 Å². The fourth-order valence-corrected chi connectivity index (χ4v) is 3.08. The van der Waals surface area contributed by atoms with Gasteiger partial charge in [-0.25, -0.2) is 0 Å². The van der Waals surface area contributed by atoms with Gasteiger partial charge in [0.2, 0.25) is 0 Å². The molecule has 0 aliphatic heterocycles. The van der Waals surface area contributed by atoms with Crippen LogP contribution in [0.2, 0.25) is 0 Å². The Morgan fingerprint density at radius 3 is 2.75 bits per heavy atom. The molecule has 1 aliphatic rings. The molecule has 0 saturated heterocycles. The van der Waals surface area contributed by atoms with Crippen molar-refractivity contribution >= 4 is 15.9 Å². The molecule has 2 rings (SSSR count). The molecule has 0 bridgehead atoms. The Balaban J connectivity index is 2.22. The fraction of sp³-hybridized carbons (Fsp3) is 0.538. The van der Waals surface area contributed by atoms with E-state index < -0.39 is 0 Å². The Bertz CT molecular complexity index is 369. The smallest absolute Gasteiger partial charge is 0.0611 e. The van der Waals surface area contributed by atoms with Crippen LogP contribution >= 0.6 is 15.9 Å². The molecule has 1 fully saturated rings. The van der Waals surface area contributed by atoms with E-state index in [9.17, 15) is 5.11 Å². The zero-order valence-corrected chi connectivity index (χ0v) is 10.9. The van der Waals surface area contributed by atoms with Crippen molar-refractivity contribution in [2.45, 2.75) is 31.8 Å². The van der Waals surface area contributed by atoms with Crippen LogP contribution in [-0.4, -0.2) is 17.8 Å². The number of halogens is 1. The fourth-order valence-electron chi connectivity index (χ4n) is 2.66. The van der Waals surface area contributed by atoms with Gasteiger partial charge in [-0.1, -0.05) is 40.5 Å². The maximum absolute atomic E-state index is 10.1. The van der Waals surface area contributed by atoms with Crippen molar-refractivity contribution in [1.82, 2.24) is 0 Å². The van der Waals surface area contributed by atoms with E-state index in [1.54, 1.807) is 0 Å². The van der Waals surface area contributed by atoms with E-state index in [2.05, 4.69) is 22.0 Å². The van der Waals surface area contributed by atoms with Gasteiger partial charge in [0.1, 0.15) is 0 Å². The summed E-state index contributed by atoms with van der Waals surface area (Å²) in [5.74, 6) is 0. The first-order chi connectivity index (χ1) is 7.68. The summed E-state index contributed by atoms with van der Waals surface area (Å²) < 4.78 is 1.11. The lowest BCUT2D eigenvalue weighted by Crippen LogP contribution is -2.39. The summed E-state index contributed by atoms with van der Waals surface area (Å²) in [6.07, 6.45) is 3.63. The second kappa shape index (κ2) is 4.86. The normalized spacial score (nSPS) is 29.6. The first kappa shape index (κ1) is 12.1. The molecule has 1 saturated carbocycles. The molecule has 0 amide bonds. The second-order valence-electron chi connectivity index (χ2n) is 4.74. The van der Waals surface area contributed by atoms with Crippen molar-refractivity contribution in [3.05, 3.63) is 34.3 Å². The van der Waals surface area contributed by atoms with Crippen molar-refractivity contribution in [2.24, 2.45) is 11.1 Å². The number of hydrogen-bond donors (Lipinski definition) is 2. The minimum atomic E-state index is -0.246. The van der Waals surface area contributed by atoms with Crippen LogP contribution in [0.5, 0.6) is 0 Å². The molecule has 1 aliphatic carbocycles. The summed E-state index contributed by atoms with van der Waals surface area (Å²) in [5.41, 5.74) is 7.02. The zero-order valence-electron chi connectivity index (χ0n) is 9.32. The van der Waals surface area contributed by atoms with Crippen LogP contribution in [0.25, 0.3) is 0 Å². The van der Waals surface area contributed by atoms with Crippen molar-refractivity contribution in [1.29, 1.82) is 0 Å². The molecular weight excluding hydrogens is 266 g/mol. The van der Waals surface area contributed by atoms with E-state index in [-0.39, 0.29) is 11.5 Å². The highest BCUT2D eigenvalue weighted by atomic mass is 79.9. The molecule has 0 heterocycles. The largest absolute Gasteiger partial charge is 0.392 e. The Morgan fingerprint density at radius 1 is 1.44 bits per heavy atom. The highest BCUT2D eigenvalue weighted by molar-refractivity contribution is 9.10. The van der Waals surface area contributed by atoms with E-state index >= 15 is 0 Å². The lowest BCUT2D eigenvalue weighted by Gasteiger charge is -2.31. The molecule has 0 aromatic heterocycles. The van der Waals surface area contributed by atoms with Gasteiger partial charge in [-0.2, -0.15) is 0 Å². The van der Waals surface area contributed by atoms with E-state index in [1.807, 2.05) is 18.2 Å². The molecule has 3 heteroatoms. The Morgan fingerprint density at radius 2 is 2.19 bits per heavy atom. The molecule has 2 unspecified atom stereocenters. The monoisotopic (exact) mass is 283 g/mol. The molecule has 0 spiro atoms. The molecule has 1 aromatic carbocycles. The molecule has 1 aromatic rings. The average Bonchev–Trinajstić information content (AvgIpc) is 2.64. The van der Waals surface area contributed by atoms with Crippen LogP contribution in [0.15, 0.2) is 28.7 Å². The number of benzene rings is 1. The third-order valence-electron chi connectivity index (χ3n) is 3.77. The van der Waals surface area contributed by atoms with Crippen molar-refractivity contribution in [2.75, 3.05) is 6.54 Å². The maximum atomic E-state index is 10.1. The van der Waals surface area contributed by atoms with Gasteiger partial charge < -0.3 is 10.8 Å². The molecule has 3 N–H and O–H groups in total. The van der Waals surface area contributed by atoms with E-state index in [0.717, 1.165) is 30.2 Å². The molecule has 88 valence electrons. The number of hydrogen-bond acceptors (Lipinski definition) is 2. The molecule has 16 heavy (non-hydrogen) atoms. The van der Waals surface area contributed by atoms with E-state index in [4.69, 9.17) is 5.73 Å². The quantitative estimate of drug-likeness (QED) is 0.895. The topological polar surface area (TPSA) is 46.2 Å². The number of aliphatic hydroxyl groups is 1. The number of rotatable bonds is 3. The van der Waals surface area contributed by atoms with Gasteiger partial charge in [-0.3, -0.25) is 0 Å². The van der Waals surface area contributed by atoms with Gasteiger partial charge in [0.15, 0.2) is 0 Å². The SMILES string of the molecule is NCC1(Cc2ccccc2Br)CCCC1O. The van der Waals surface area contributed by atoms with Gasteiger partial charge in [0.25, 0.3) is 0 Å². The predicted molar refractivity (Wildman–Crippen MR) is 69.2 cm³/mol. The summed E-state index contributed by atoms with van der Waals surface area (Å²) in [5, 5.41) is 10.1. The minimum Gasteiger partial charge on any atom is -0.392 e. The molecule has 0 radical (unpaired) electrons. The van der Waals surface area contributed by atoms with E-state index in [1.165, 1.54) is 5.56 Å². The van der Waals surface area contributed by atoms with Gasteiger partial charge >= 0.3 is 0 Å². The molecular formula is C13H18BrNO. The standard InChI is InChI=1S/C13H18BrNO/c14-11-5-2-1-4-10(11)8-13(9-15)7-3-6-12(13)16/h1-2,4-5,12,16H,3,6-9,15H2. The first-order valence-electron chi connectivity index (χ1n) is 5.79. The Hall–Kier alpha value is -0.380. The second-order valence-corrected chi connectivity index (χ2v) is 5.60. The highest BCUT2D eigenvalue weighted by Crippen LogP contribution is 2.41. The first-order valence-corrected chi connectivity index (χ1v) is 6.59. The molecule has 2 nitrogen and oxygen atoms in total. The lowest BCUT2D eigenvalue weighted by atomic mass is 9.78. The minimum absolute atomic E-state index is 0.107. The van der Waals surface area contributed by atoms with Crippen molar-refractivity contribution < 1.29 is 5.11 Å². The number of nitrogens with two attached hydrogens (primary N) is 1. The lowest BCUT2D eigenvalue weighted by molar-refractivity contribution is 0.0587. The summed E-state index contributed by atoms with van der Waals surface area (Å²) in [6, 6.07) is 8.19. The third-order valence-corrected chi connectivity index (χ3v) is 4.54. The number of aliphatic hydroxyl groups excluding tert-OH is 1. The van der Waals surface area contributed by atoms with Gasteiger partial charge in [0.05, 0.1) is 6.10 Å². The summed E-state index contributed by atoms with van der Waals surface area (Å²) in [7, 11) is 0. The van der Waals surface area contributed by atoms with Crippen LogP contribution in [0.3, 0.4) is 0 Å². The van der Waals surface area contributed by atoms with Crippen molar-refractivity contribution in [3.63, 3.8) is 0 Å². The third kappa shape index (κ3) is 2.17. The van der Waals surface area contributed by atoms with Crippen LogP contribution in [0.4, 0.5) is 0 Å². The maximum Gasteiger partial charge on any atom is 0.0611 e.